The summed E-state index contributed by atoms with van der Waals surface area (Å²) in [5.74, 6) is 2.47. The quantitative estimate of drug-likeness (QED) is 0.340. The molecule has 29 heavy (non-hydrogen) atoms. The Kier molecular flexibility index (Phi) is 7.58. The molecule has 0 aromatic heterocycles. The predicted molar refractivity (Wildman–Crippen MR) is 130 cm³/mol. The lowest BCUT2D eigenvalue weighted by molar-refractivity contribution is 0.0174. The highest BCUT2D eigenvalue weighted by Crippen LogP contribution is 2.38. The van der Waals surface area contributed by atoms with Crippen molar-refractivity contribution in [3.8, 4) is 5.75 Å². The van der Waals surface area contributed by atoms with Gasteiger partial charge in [0.05, 0.1) is 0 Å². The zero-order valence-electron chi connectivity index (χ0n) is 18.3. The van der Waals surface area contributed by atoms with Gasteiger partial charge in [-0.25, -0.2) is 4.79 Å². The van der Waals surface area contributed by atoms with Crippen LogP contribution in [0.3, 0.4) is 0 Å². The Balaban J connectivity index is 1.45. The number of benzene rings is 1. The predicted octanol–water partition coefficient (Wildman–Crippen LogP) is 6.10. The van der Waals surface area contributed by atoms with Gasteiger partial charge in [0, 0.05) is 31.9 Å². The van der Waals surface area contributed by atoms with Crippen molar-refractivity contribution in [1.29, 1.82) is 0 Å². The molecule has 2 aliphatic heterocycles. The van der Waals surface area contributed by atoms with Crippen molar-refractivity contribution in [3.05, 3.63) is 23.3 Å². The number of amides is 1. The molecular weight excluding hydrogens is 498 g/mol. The van der Waals surface area contributed by atoms with E-state index < -0.39 is 5.60 Å². The number of nitrogens with zero attached hydrogens (tertiary/aromatic N) is 2. The molecule has 1 aromatic rings. The Labute approximate surface area is 190 Å². The molecule has 5 nitrogen and oxygen atoms in total. The third kappa shape index (κ3) is 6.13. The number of piperidine rings is 1. The summed E-state index contributed by atoms with van der Waals surface area (Å²) in [5, 5.41) is 0. The van der Waals surface area contributed by atoms with E-state index in [0.29, 0.717) is 6.45 Å². The van der Waals surface area contributed by atoms with Crippen LogP contribution in [0.5, 0.6) is 5.75 Å². The van der Waals surface area contributed by atoms with E-state index in [9.17, 15) is 4.79 Å². The number of anilines is 1. The Morgan fingerprint density at radius 1 is 1.14 bits per heavy atom. The standard InChI is InChI=1S/C22H34IN2O3P/c1-15-10-19(28-29-23)11-16(2)20(15)25-13-18(14-25)12-17-6-8-24(9-7-17)21(26)27-22(3,4)5/h10-11,17-18,29H,6-9,12-14H2,1-5H3. The number of ether oxygens (including phenoxy) is 1. The highest BCUT2D eigenvalue weighted by atomic mass is 127. The average Bonchev–Trinajstić information content (AvgIpc) is 2.58. The van der Waals surface area contributed by atoms with Gasteiger partial charge < -0.3 is 19.1 Å². The monoisotopic (exact) mass is 532 g/mol. The van der Waals surface area contributed by atoms with Crippen LogP contribution < -0.4 is 9.42 Å². The molecule has 0 bridgehead atoms. The summed E-state index contributed by atoms with van der Waals surface area (Å²) in [5.41, 5.74) is 3.57. The molecule has 2 saturated heterocycles. The van der Waals surface area contributed by atoms with E-state index in [-0.39, 0.29) is 6.09 Å². The number of carbonyl (C=O) groups excluding carboxylic acids is 1. The van der Waals surface area contributed by atoms with E-state index in [2.05, 4.69) is 52.9 Å². The molecule has 0 spiro atoms. The Morgan fingerprint density at radius 2 is 1.72 bits per heavy atom. The van der Waals surface area contributed by atoms with Gasteiger partial charge >= 0.3 is 6.09 Å². The molecule has 2 heterocycles. The maximum absolute atomic E-state index is 12.2. The molecule has 0 radical (unpaired) electrons. The van der Waals surface area contributed by atoms with Crippen LogP contribution in [0.2, 0.25) is 0 Å². The van der Waals surface area contributed by atoms with Gasteiger partial charge in [0.15, 0.2) is 0 Å². The highest BCUT2D eigenvalue weighted by molar-refractivity contribution is 14.2. The summed E-state index contributed by atoms with van der Waals surface area (Å²) in [4.78, 5) is 16.6. The first-order valence-corrected chi connectivity index (χ1v) is 14.5. The van der Waals surface area contributed by atoms with Crippen LogP contribution in [0.25, 0.3) is 0 Å². The van der Waals surface area contributed by atoms with Crippen LogP contribution in [0.1, 0.15) is 51.2 Å². The maximum atomic E-state index is 12.2. The molecule has 2 fully saturated rings. The zero-order chi connectivity index (χ0) is 21.2. The minimum absolute atomic E-state index is 0.160. The van der Waals surface area contributed by atoms with E-state index in [1.54, 1.807) is 0 Å². The molecule has 3 rings (SSSR count). The molecule has 0 aliphatic carbocycles. The molecule has 1 unspecified atom stereocenters. The smallest absolute Gasteiger partial charge is 0.410 e. The molecular formula is C22H34IN2O3P. The summed E-state index contributed by atoms with van der Waals surface area (Å²) in [7, 11) is 0. The number of carbonyl (C=O) groups is 1. The van der Waals surface area contributed by atoms with Crippen LogP contribution in [0, 0.1) is 25.7 Å². The van der Waals surface area contributed by atoms with E-state index in [4.69, 9.17) is 9.26 Å². The Morgan fingerprint density at radius 3 is 2.24 bits per heavy atom. The molecule has 7 heteroatoms. The van der Waals surface area contributed by atoms with Crippen LogP contribution in [-0.2, 0) is 4.74 Å². The fourth-order valence-electron chi connectivity index (χ4n) is 4.57. The summed E-state index contributed by atoms with van der Waals surface area (Å²) in [6, 6.07) is 4.32. The molecule has 2 aliphatic rings. The van der Waals surface area contributed by atoms with Gasteiger partial charge in [0.2, 0.25) is 0 Å². The van der Waals surface area contributed by atoms with Crippen molar-refractivity contribution in [1.82, 2.24) is 4.90 Å². The molecule has 1 aromatic carbocycles. The van der Waals surface area contributed by atoms with Crippen molar-refractivity contribution in [2.75, 3.05) is 31.1 Å². The third-order valence-corrected chi connectivity index (χ3v) is 6.80. The SMILES string of the molecule is Cc1cc(OPI)cc(C)c1N1CC(CC2CCN(C(=O)OC(C)(C)C)CC2)C1. The second-order valence-electron chi connectivity index (χ2n) is 9.50. The van der Waals surface area contributed by atoms with Gasteiger partial charge in [-0.05, 0) is 111 Å². The highest BCUT2D eigenvalue weighted by Gasteiger charge is 2.33. The number of hydrogen-bond donors (Lipinski definition) is 0. The first kappa shape index (κ1) is 22.9. The summed E-state index contributed by atoms with van der Waals surface area (Å²) in [6.45, 7) is 14.5. The van der Waals surface area contributed by atoms with Gasteiger partial charge in [0.25, 0.3) is 0 Å². The summed E-state index contributed by atoms with van der Waals surface area (Å²) < 4.78 is 11.2. The van der Waals surface area contributed by atoms with Gasteiger partial charge in [-0.2, -0.15) is 0 Å². The molecule has 162 valence electrons. The zero-order valence-corrected chi connectivity index (χ0v) is 21.4. The van der Waals surface area contributed by atoms with Crippen molar-refractivity contribution in [3.63, 3.8) is 0 Å². The van der Waals surface area contributed by atoms with Gasteiger partial charge in [0.1, 0.15) is 17.8 Å². The van der Waals surface area contributed by atoms with Gasteiger partial charge in [-0.1, -0.05) is 0 Å². The minimum Gasteiger partial charge on any atom is -0.467 e. The molecule has 0 N–H and O–H groups in total. The number of likely N-dealkylation sites (tertiary alicyclic amines) is 1. The van der Waals surface area contributed by atoms with E-state index in [1.165, 1.54) is 23.2 Å². The lowest BCUT2D eigenvalue weighted by Gasteiger charge is -2.45. The van der Waals surface area contributed by atoms with E-state index >= 15 is 0 Å². The van der Waals surface area contributed by atoms with Gasteiger partial charge in [-0.3, -0.25) is 0 Å². The Bertz CT molecular complexity index is 700. The molecule has 0 saturated carbocycles. The largest absolute Gasteiger partial charge is 0.467 e. The van der Waals surface area contributed by atoms with E-state index in [0.717, 1.165) is 56.6 Å². The van der Waals surface area contributed by atoms with Crippen molar-refractivity contribution >= 4 is 40.3 Å². The lowest BCUT2D eigenvalue weighted by atomic mass is 9.83. The fourth-order valence-corrected chi connectivity index (χ4v) is 5.54. The Hall–Kier alpha value is -0.750. The number of rotatable bonds is 5. The van der Waals surface area contributed by atoms with Crippen LogP contribution in [-0.4, -0.2) is 42.8 Å². The first-order chi connectivity index (χ1) is 13.7. The minimum atomic E-state index is -0.416. The van der Waals surface area contributed by atoms with Crippen molar-refractivity contribution in [2.45, 2.75) is 59.5 Å². The van der Waals surface area contributed by atoms with E-state index in [1.807, 2.05) is 25.7 Å². The van der Waals surface area contributed by atoms with Crippen LogP contribution in [0.4, 0.5) is 10.5 Å². The number of hydrogen-bond acceptors (Lipinski definition) is 4. The topological polar surface area (TPSA) is 42.0 Å². The van der Waals surface area contributed by atoms with Crippen LogP contribution >= 0.6 is 28.5 Å². The second-order valence-corrected chi connectivity index (χ2v) is 11.2. The third-order valence-electron chi connectivity index (χ3n) is 5.83. The van der Waals surface area contributed by atoms with Crippen LogP contribution in [0.15, 0.2) is 12.1 Å². The average molecular weight is 532 g/mol. The lowest BCUT2D eigenvalue weighted by Crippen LogP contribution is -2.49. The fraction of sp³-hybridized carbons (Fsp3) is 0.682. The second kappa shape index (κ2) is 9.59. The number of aryl methyl sites for hydroxylation is 2. The van der Waals surface area contributed by atoms with Gasteiger partial charge in [-0.15, -0.1) is 0 Å². The molecule has 1 amide bonds. The normalized spacial score (nSPS) is 19.0. The number of halogens is 1. The molecule has 1 atom stereocenters. The summed E-state index contributed by atoms with van der Waals surface area (Å²) in [6.07, 6.45) is 3.30. The first-order valence-electron chi connectivity index (χ1n) is 10.5. The summed E-state index contributed by atoms with van der Waals surface area (Å²) >= 11 is 2.26. The maximum Gasteiger partial charge on any atom is 0.410 e. The van der Waals surface area contributed by atoms with Crippen molar-refractivity contribution < 1.29 is 14.1 Å². The van der Waals surface area contributed by atoms with Crippen molar-refractivity contribution in [2.24, 2.45) is 11.8 Å².